The van der Waals surface area contributed by atoms with Crippen LogP contribution in [-0.4, -0.2) is 34.1 Å². The second kappa shape index (κ2) is 6.98. The van der Waals surface area contributed by atoms with Crippen molar-refractivity contribution in [2.75, 3.05) is 13.1 Å². The standard InChI is InChI=1S/C19H25N5O/c20-19(25)16-11-22-23-18(16)17-6-1-2-9-24(17)12-14-5-3-4-13-10-21-8-7-15(13)14/h3-5,11,17,21H,1-2,6-10,12H2,(H2,20,25)(H,22,23). The van der Waals surface area contributed by atoms with Crippen LogP contribution in [0.25, 0.3) is 0 Å². The largest absolute Gasteiger partial charge is 0.365 e. The fourth-order valence-electron chi connectivity index (χ4n) is 4.23. The summed E-state index contributed by atoms with van der Waals surface area (Å²) in [6.07, 6.45) is 6.02. The molecular formula is C19H25N5O. The number of amides is 1. The van der Waals surface area contributed by atoms with E-state index in [0.717, 1.165) is 51.1 Å². The minimum absolute atomic E-state index is 0.177. The molecular weight excluding hydrogens is 314 g/mol. The molecule has 0 bridgehead atoms. The van der Waals surface area contributed by atoms with E-state index in [0.29, 0.717) is 5.56 Å². The molecule has 25 heavy (non-hydrogen) atoms. The molecule has 2 aromatic rings. The number of hydrogen-bond donors (Lipinski definition) is 3. The van der Waals surface area contributed by atoms with Crippen LogP contribution in [0.1, 0.15) is 58.0 Å². The van der Waals surface area contributed by atoms with Crippen LogP contribution >= 0.6 is 0 Å². The van der Waals surface area contributed by atoms with E-state index in [4.69, 9.17) is 5.73 Å². The van der Waals surface area contributed by atoms with Gasteiger partial charge in [0, 0.05) is 13.1 Å². The lowest BCUT2D eigenvalue weighted by Crippen LogP contribution is -2.35. The van der Waals surface area contributed by atoms with Crippen LogP contribution in [0.2, 0.25) is 0 Å². The van der Waals surface area contributed by atoms with Gasteiger partial charge in [-0.1, -0.05) is 24.6 Å². The molecule has 1 fully saturated rings. The Morgan fingerprint density at radius 2 is 2.28 bits per heavy atom. The molecule has 1 saturated heterocycles. The summed E-state index contributed by atoms with van der Waals surface area (Å²) in [5.41, 5.74) is 11.2. The highest BCUT2D eigenvalue weighted by atomic mass is 16.1. The summed E-state index contributed by atoms with van der Waals surface area (Å²) in [4.78, 5) is 14.2. The summed E-state index contributed by atoms with van der Waals surface area (Å²) in [5, 5.41) is 10.5. The molecule has 6 nitrogen and oxygen atoms in total. The number of nitrogens with zero attached hydrogens (tertiary/aromatic N) is 2. The van der Waals surface area contributed by atoms with Gasteiger partial charge in [0.15, 0.2) is 0 Å². The van der Waals surface area contributed by atoms with E-state index in [-0.39, 0.29) is 6.04 Å². The third-order valence-corrected chi connectivity index (χ3v) is 5.49. The third kappa shape index (κ3) is 3.19. The third-order valence-electron chi connectivity index (χ3n) is 5.49. The number of nitrogens with one attached hydrogen (secondary N) is 2. The van der Waals surface area contributed by atoms with Crippen LogP contribution in [0.3, 0.4) is 0 Å². The van der Waals surface area contributed by atoms with Crippen molar-refractivity contribution in [1.82, 2.24) is 20.4 Å². The highest BCUT2D eigenvalue weighted by Gasteiger charge is 2.29. The number of piperidine rings is 1. The highest BCUT2D eigenvalue weighted by molar-refractivity contribution is 5.93. The van der Waals surface area contributed by atoms with Crippen LogP contribution in [0.4, 0.5) is 0 Å². The molecule has 1 amide bonds. The fourth-order valence-corrected chi connectivity index (χ4v) is 4.23. The van der Waals surface area contributed by atoms with Crippen molar-refractivity contribution >= 4 is 5.91 Å². The Labute approximate surface area is 147 Å². The molecule has 3 heterocycles. The Kier molecular flexibility index (Phi) is 4.55. The second-order valence-electron chi connectivity index (χ2n) is 7.03. The summed E-state index contributed by atoms with van der Waals surface area (Å²) in [6, 6.07) is 6.80. The maximum absolute atomic E-state index is 11.7. The Hall–Kier alpha value is -2.18. The summed E-state index contributed by atoms with van der Waals surface area (Å²) in [7, 11) is 0. The normalized spacial score (nSPS) is 21.0. The Balaban J connectivity index is 1.62. The zero-order valence-corrected chi connectivity index (χ0v) is 14.4. The fraction of sp³-hybridized carbons (Fsp3) is 0.474. The van der Waals surface area contributed by atoms with Crippen LogP contribution in [0.5, 0.6) is 0 Å². The number of nitrogens with two attached hydrogens (primary N) is 1. The number of H-pyrrole nitrogens is 1. The summed E-state index contributed by atoms with van der Waals surface area (Å²) < 4.78 is 0. The van der Waals surface area contributed by atoms with Crippen molar-refractivity contribution in [2.45, 2.75) is 44.8 Å². The Morgan fingerprint density at radius 3 is 3.16 bits per heavy atom. The van der Waals surface area contributed by atoms with Gasteiger partial charge in [0.25, 0.3) is 5.91 Å². The monoisotopic (exact) mass is 339 g/mol. The number of likely N-dealkylation sites (tertiary alicyclic amines) is 1. The lowest BCUT2D eigenvalue weighted by atomic mass is 9.92. The number of carbonyl (C=O) groups excluding carboxylic acids is 1. The quantitative estimate of drug-likeness (QED) is 0.794. The van der Waals surface area contributed by atoms with E-state index in [2.05, 4.69) is 38.6 Å². The van der Waals surface area contributed by atoms with Crippen LogP contribution < -0.4 is 11.1 Å². The van der Waals surface area contributed by atoms with Gasteiger partial charge in [-0.3, -0.25) is 14.8 Å². The maximum atomic E-state index is 11.7. The minimum atomic E-state index is -0.405. The average Bonchev–Trinajstić information content (AvgIpc) is 3.12. The molecule has 1 aromatic heterocycles. The van der Waals surface area contributed by atoms with Gasteiger partial charge in [0.2, 0.25) is 0 Å². The minimum Gasteiger partial charge on any atom is -0.365 e. The van der Waals surface area contributed by atoms with Crippen molar-refractivity contribution in [1.29, 1.82) is 0 Å². The first-order chi connectivity index (χ1) is 12.2. The van der Waals surface area contributed by atoms with E-state index in [9.17, 15) is 4.79 Å². The van der Waals surface area contributed by atoms with Gasteiger partial charge in [0.05, 0.1) is 23.5 Å². The number of hydrogen-bond acceptors (Lipinski definition) is 4. The van der Waals surface area contributed by atoms with Gasteiger partial charge in [0.1, 0.15) is 0 Å². The number of rotatable bonds is 4. The number of carbonyl (C=O) groups is 1. The maximum Gasteiger partial charge on any atom is 0.252 e. The molecule has 4 rings (SSSR count). The van der Waals surface area contributed by atoms with E-state index in [1.807, 2.05) is 0 Å². The number of benzene rings is 1. The van der Waals surface area contributed by atoms with Crippen molar-refractivity contribution in [3.63, 3.8) is 0 Å². The second-order valence-corrected chi connectivity index (χ2v) is 7.03. The Morgan fingerprint density at radius 1 is 1.36 bits per heavy atom. The van der Waals surface area contributed by atoms with E-state index in [1.54, 1.807) is 6.20 Å². The summed E-state index contributed by atoms with van der Waals surface area (Å²) in [5.74, 6) is -0.405. The molecule has 4 N–H and O–H groups in total. The predicted octanol–water partition coefficient (Wildman–Crippen LogP) is 1.88. The van der Waals surface area contributed by atoms with E-state index in [1.165, 1.54) is 23.1 Å². The number of primary amides is 1. The van der Waals surface area contributed by atoms with Gasteiger partial charge in [-0.2, -0.15) is 5.10 Å². The van der Waals surface area contributed by atoms with Gasteiger partial charge in [-0.05, 0) is 49.0 Å². The smallest absolute Gasteiger partial charge is 0.252 e. The van der Waals surface area contributed by atoms with E-state index >= 15 is 0 Å². The van der Waals surface area contributed by atoms with E-state index < -0.39 is 5.91 Å². The molecule has 6 heteroatoms. The number of fused-ring (bicyclic) bond motifs is 1. The summed E-state index contributed by atoms with van der Waals surface area (Å²) >= 11 is 0. The van der Waals surface area contributed by atoms with Crippen molar-refractivity contribution < 1.29 is 4.79 Å². The average molecular weight is 339 g/mol. The van der Waals surface area contributed by atoms with Gasteiger partial charge in [-0.25, -0.2) is 0 Å². The highest BCUT2D eigenvalue weighted by Crippen LogP contribution is 2.33. The van der Waals surface area contributed by atoms with Gasteiger partial charge in [-0.15, -0.1) is 0 Å². The molecule has 132 valence electrons. The van der Waals surface area contributed by atoms with Gasteiger partial charge >= 0.3 is 0 Å². The van der Waals surface area contributed by atoms with Crippen LogP contribution in [-0.2, 0) is 19.5 Å². The zero-order chi connectivity index (χ0) is 17.2. The lowest BCUT2D eigenvalue weighted by Gasteiger charge is -2.36. The first kappa shape index (κ1) is 16.3. The first-order valence-electron chi connectivity index (χ1n) is 9.11. The molecule has 1 atom stereocenters. The number of aromatic nitrogens is 2. The molecule has 0 spiro atoms. The van der Waals surface area contributed by atoms with Crippen molar-refractivity contribution in [3.8, 4) is 0 Å². The predicted molar refractivity (Wildman–Crippen MR) is 96.0 cm³/mol. The topological polar surface area (TPSA) is 87.0 Å². The zero-order valence-electron chi connectivity index (χ0n) is 14.4. The van der Waals surface area contributed by atoms with Crippen molar-refractivity contribution in [2.24, 2.45) is 5.73 Å². The molecule has 1 unspecified atom stereocenters. The summed E-state index contributed by atoms with van der Waals surface area (Å²) in [6.45, 7) is 3.94. The van der Waals surface area contributed by atoms with Crippen LogP contribution in [0.15, 0.2) is 24.4 Å². The molecule has 0 saturated carbocycles. The molecule has 2 aliphatic heterocycles. The molecule has 1 aromatic carbocycles. The lowest BCUT2D eigenvalue weighted by molar-refractivity contribution is 0.0989. The molecule has 0 aliphatic carbocycles. The first-order valence-corrected chi connectivity index (χ1v) is 9.11. The molecule has 0 radical (unpaired) electrons. The van der Waals surface area contributed by atoms with Gasteiger partial charge < -0.3 is 11.1 Å². The SMILES string of the molecule is NC(=O)c1cn[nH]c1C1CCCCN1Cc1cccc2c1CCNC2. The van der Waals surface area contributed by atoms with Crippen LogP contribution in [0, 0.1) is 0 Å². The molecule has 2 aliphatic rings. The van der Waals surface area contributed by atoms with Crippen molar-refractivity contribution in [3.05, 3.63) is 52.3 Å². The Bertz CT molecular complexity index is 769. The number of aromatic amines is 1.